The Bertz CT molecular complexity index is 426. The van der Waals surface area contributed by atoms with E-state index < -0.39 is 0 Å². The molecule has 19 heavy (non-hydrogen) atoms. The van der Waals surface area contributed by atoms with E-state index in [0.717, 1.165) is 18.5 Å². The Labute approximate surface area is 114 Å². The summed E-state index contributed by atoms with van der Waals surface area (Å²) in [6.07, 6.45) is 2.31. The molecule has 1 N–H and O–H groups in total. The highest BCUT2D eigenvalue weighted by atomic mass is 16.5. The van der Waals surface area contributed by atoms with Crippen LogP contribution in [-0.2, 0) is 9.53 Å². The normalized spacial score (nSPS) is 15.9. The molecule has 0 radical (unpaired) electrons. The van der Waals surface area contributed by atoms with Gasteiger partial charge in [-0.1, -0.05) is 17.7 Å². The predicted molar refractivity (Wildman–Crippen MR) is 76.4 cm³/mol. The molecular weight excluding hydrogens is 240 g/mol. The molecule has 1 aliphatic rings. The van der Waals surface area contributed by atoms with Crippen LogP contribution < -0.4 is 10.2 Å². The van der Waals surface area contributed by atoms with Crippen molar-refractivity contribution in [3.8, 4) is 0 Å². The molecular formula is C15H22N2O2. The van der Waals surface area contributed by atoms with Crippen molar-refractivity contribution in [2.75, 3.05) is 25.6 Å². The second kappa shape index (κ2) is 6.06. The van der Waals surface area contributed by atoms with Gasteiger partial charge in [0.25, 0.3) is 0 Å². The van der Waals surface area contributed by atoms with Crippen LogP contribution in [0.1, 0.15) is 18.4 Å². The number of nitrogens with one attached hydrogen (secondary N) is 1. The molecule has 0 aromatic heterocycles. The standard InChI is InChI=1S/C15H22N2O2/c1-11-4-8-13(9-5-11)17(2)10-14(15(18)19-3)16-12-6-7-12/h4-5,8-9,12,14,16H,6-7,10H2,1-3H3. The van der Waals surface area contributed by atoms with Gasteiger partial charge in [0.2, 0.25) is 0 Å². The summed E-state index contributed by atoms with van der Waals surface area (Å²) < 4.78 is 4.87. The van der Waals surface area contributed by atoms with Crippen molar-refractivity contribution in [2.45, 2.75) is 31.8 Å². The SMILES string of the molecule is COC(=O)C(CN(C)c1ccc(C)cc1)NC1CC1. The number of carbonyl (C=O) groups excluding carboxylic acids is 1. The minimum Gasteiger partial charge on any atom is -0.468 e. The van der Waals surface area contributed by atoms with Gasteiger partial charge in [-0.25, -0.2) is 0 Å². The average molecular weight is 262 g/mol. The maximum Gasteiger partial charge on any atom is 0.324 e. The van der Waals surface area contributed by atoms with Crippen LogP contribution in [-0.4, -0.2) is 38.8 Å². The molecule has 0 amide bonds. The van der Waals surface area contributed by atoms with Crippen LogP contribution in [0.5, 0.6) is 0 Å². The second-order valence-corrected chi connectivity index (χ2v) is 5.23. The highest BCUT2D eigenvalue weighted by Gasteiger charge is 2.29. The summed E-state index contributed by atoms with van der Waals surface area (Å²) in [5.41, 5.74) is 2.34. The minimum absolute atomic E-state index is 0.189. The third kappa shape index (κ3) is 3.96. The summed E-state index contributed by atoms with van der Waals surface area (Å²) in [6, 6.07) is 8.52. The molecule has 4 nitrogen and oxygen atoms in total. The Morgan fingerprint density at radius 1 is 1.42 bits per heavy atom. The van der Waals surface area contributed by atoms with Gasteiger partial charge in [0.05, 0.1) is 7.11 Å². The van der Waals surface area contributed by atoms with Gasteiger partial charge in [-0.2, -0.15) is 0 Å². The van der Waals surface area contributed by atoms with Crippen molar-refractivity contribution < 1.29 is 9.53 Å². The predicted octanol–water partition coefficient (Wildman–Crippen LogP) is 1.72. The Morgan fingerprint density at radius 3 is 2.58 bits per heavy atom. The van der Waals surface area contributed by atoms with Crippen LogP contribution in [0.25, 0.3) is 0 Å². The van der Waals surface area contributed by atoms with Crippen molar-refractivity contribution in [1.82, 2.24) is 5.32 Å². The average Bonchev–Trinajstić information content (AvgIpc) is 3.21. The maximum absolute atomic E-state index is 11.8. The van der Waals surface area contributed by atoms with Gasteiger partial charge < -0.3 is 15.0 Å². The first-order valence-electron chi connectivity index (χ1n) is 6.72. The fraction of sp³-hybridized carbons (Fsp3) is 0.533. The monoisotopic (exact) mass is 262 g/mol. The molecule has 1 aliphatic carbocycles. The topological polar surface area (TPSA) is 41.6 Å². The van der Waals surface area contributed by atoms with Crippen LogP contribution in [0.2, 0.25) is 0 Å². The first-order chi connectivity index (χ1) is 9.10. The van der Waals surface area contributed by atoms with E-state index in [4.69, 9.17) is 4.74 Å². The maximum atomic E-state index is 11.8. The van der Waals surface area contributed by atoms with Crippen molar-refractivity contribution in [2.24, 2.45) is 0 Å². The number of methoxy groups -OCH3 is 1. The molecule has 1 aromatic carbocycles. The molecule has 1 fully saturated rings. The van der Waals surface area contributed by atoms with Gasteiger partial charge in [0.1, 0.15) is 6.04 Å². The molecule has 1 saturated carbocycles. The zero-order valence-electron chi connectivity index (χ0n) is 11.8. The number of esters is 1. The molecule has 0 aliphatic heterocycles. The zero-order valence-corrected chi connectivity index (χ0v) is 11.8. The highest BCUT2D eigenvalue weighted by molar-refractivity contribution is 5.76. The fourth-order valence-corrected chi connectivity index (χ4v) is 2.05. The molecule has 0 bridgehead atoms. The summed E-state index contributed by atoms with van der Waals surface area (Å²) in [6.45, 7) is 2.68. The van der Waals surface area contributed by atoms with E-state index in [2.05, 4.69) is 41.4 Å². The summed E-state index contributed by atoms with van der Waals surface area (Å²) in [5, 5.41) is 3.34. The van der Waals surface area contributed by atoms with Crippen LogP contribution in [0.15, 0.2) is 24.3 Å². The van der Waals surface area contributed by atoms with E-state index >= 15 is 0 Å². The van der Waals surface area contributed by atoms with Gasteiger partial charge in [-0.05, 0) is 31.9 Å². The Kier molecular flexibility index (Phi) is 4.43. The summed E-state index contributed by atoms with van der Waals surface area (Å²) >= 11 is 0. The Hall–Kier alpha value is -1.55. The Morgan fingerprint density at radius 2 is 2.05 bits per heavy atom. The lowest BCUT2D eigenvalue weighted by Gasteiger charge is -2.25. The van der Waals surface area contributed by atoms with Crippen molar-refractivity contribution in [3.63, 3.8) is 0 Å². The van der Waals surface area contributed by atoms with E-state index in [1.54, 1.807) is 0 Å². The van der Waals surface area contributed by atoms with E-state index in [0.29, 0.717) is 12.6 Å². The molecule has 1 atom stereocenters. The van der Waals surface area contributed by atoms with E-state index in [1.807, 2.05) is 7.05 Å². The number of hydrogen-bond donors (Lipinski definition) is 1. The number of carbonyl (C=O) groups is 1. The number of hydrogen-bond acceptors (Lipinski definition) is 4. The summed E-state index contributed by atoms with van der Waals surface area (Å²) in [7, 11) is 3.44. The molecule has 0 spiro atoms. The van der Waals surface area contributed by atoms with Crippen LogP contribution >= 0.6 is 0 Å². The lowest BCUT2D eigenvalue weighted by Crippen LogP contribution is -2.46. The molecule has 0 saturated heterocycles. The number of likely N-dealkylation sites (N-methyl/N-ethyl adjacent to an activating group) is 1. The molecule has 0 heterocycles. The number of anilines is 1. The van der Waals surface area contributed by atoms with Gasteiger partial charge in [0.15, 0.2) is 0 Å². The molecule has 104 valence electrons. The van der Waals surface area contributed by atoms with Crippen molar-refractivity contribution >= 4 is 11.7 Å². The fourth-order valence-electron chi connectivity index (χ4n) is 2.05. The quantitative estimate of drug-likeness (QED) is 0.793. The smallest absolute Gasteiger partial charge is 0.324 e. The third-order valence-corrected chi connectivity index (χ3v) is 3.43. The summed E-state index contributed by atoms with van der Waals surface area (Å²) in [5.74, 6) is -0.189. The third-order valence-electron chi connectivity index (χ3n) is 3.43. The van der Waals surface area contributed by atoms with Gasteiger partial charge >= 0.3 is 5.97 Å². The first kappa shape index (κ1) is 13.9. The van der Waals surface area contributed by atoms with Crippen molar-refractivity contribution in [1.29, 1.82) is 0 Å². The van der Waals surface area contributed by atoms with Gasteiger partial charge in [0, 0.05) is 25.3 Å². The lowest BCUT2D eigenvalue weighted by atomic mass is 10.2. The molecule has 1 aromatic rings. The minimum atomic E-state index is -0.260. The zero-order chi connectivity index (χ0) is 13.8. The van der Waals surface area contributed by atoms with Gasteiger partial charge in [-0.15, -0.1) is 0 Å². The van der Waals surface area contributed by atoms with Crippen molar-refractivity contribution in [3.05, 3.63) is 29.8 Å². The van der Waals surface area contributed by atoms with E-state index in [9.17, 15) is 4.79 Å². The van der Waals surface area contributed by atoms with E-state index in [-0.39, 0.29) is 12.0 Å². The first-order valence-corrected chi connectivity index (χ1v) is 6.72. The number of nitrogens with zero attached hydrogens (tertiary/aromatic N) is 1. The number of rotatable bonds is 6. The van der Waals surface area contributed by atoms with Crippen LogP contribution in [0, 0.1) is 6.92 Å². The number of ether oxygens (including phenoxy) is 1. The number of benzene rings is 1. The molecule has 4 heteroatoms. The second-order valence-electron chi connectivity index (χ2n) is 5.23. The van der Waals surface area contributed by atoms with E-state index in [1.165, 1.54) is 12.7 Å². The van der Waals surface area contributed by atoms with Crippen LogP contribution in [0.3, 0.4) is 0 Å². The highest BCUT2D eigenvalue weighted by Crippen LogP contribution is 2.20. The summed E-state index contributed by atoms with van der Waals surface area (Å²) in [4.78, 5) is 13.9. The van der Waals surface area contributed by atoms with Crippen LogP contribution in [0.4, 0.5) is 5.69 Å². The lowest BCUT2D eigenvalue weighted by molar-refractivity contribution is -0.142. The Balaban J connectivity index is 1.98. The molecule has 2 rings (SSSR count). The largest absolute Gasteiger partial charge is 0.468 e. The van der Waals surface area contributed by atoms with Gasteiger partial charge in [-0.3, -0.25) is 4.79 Å². The number of aryl methyl sites for hydroxylation is 1. The molecule has 1 unspecified atom stereocenters.